The van der Waals surface area contributed by atoms with E-state index >= 15 is 0 Å². The number of likely N-dealkylation sites (N-methyl/N-ethyl adjacent to an activating group) is 1. The fraction of sp³-hybridized carbons (Fsp3) is 0.417. The third kappa shape index (κ3) is 6.56. The Morgan fingerprint density at radius 2 is 1.74 bits per heavy atom. The molecule has 0 radical (unpaired) electrons. The summed E-state index contributed by atoms with van der Waals surface area (Å²) < 4.78 is 42.6. The van der Waals surface area contributed by atoms with Crippen LogP contribution in [0.5, 0.6) is 17.2 Å². The van der Waals surface area contributed by atoms with E-state index in [4.69, 9.17) is 14.2 Å². The summed E-state index contributed by atoms with van der Waals surface area (Å²) in [6.07, 6.45) is 1.03. The first-order chi connectivity index (χ1) is 16.6. The minimum Gasteiger partial charge on any atom is -0.497 e. The summed E-state index contributed by atoms with van der Waals surface area (Å²) in [6.45, 7) is 4.17. The molecule has 0 bridgehead atoms. The monoisotopic (exact) mass is 505 g/mol. The molecule has 0 saturated heterocycles. The number of carbonyl (C=O) groups is 2. The third-order valence-corrected chi connectivity index (χ3v) is 6.66. The predicted molar refractivity (Wildman–Crippen MR) is 131 cm³/mol. The van der Waals surface area contributed by atoms with Gasteiger partial charge in [0, 0.05) is 19.2 Å². The number of benzene rings is 2. The number of rotatable bonds is 10. The van der Waals surface area contributed by atoms with Crippen molar-refractivity contribution in [2.45, 2.75) is 26.4 Å². The molecule has 1 aliphatic heterocycles. The van der Waals surface area contributed by atoms with E-state index in [1.54, 1.807) is 57.4 Å². The standard InChI is InChI=1S/C24H31N3O7S/c1-5-25-24(29)17(2)26(15-18-6-9-20(32-3)10-7-18)23(28)16-27(35(4,30)31)19-8-11-21-22(14-19)34-13-12-33-21/h6-11,14,17H,5,12-13,15-16H2,1-4H3,(H,25,29)/t17-/m0/s1. The Bertz CT molecular complexity index is 1150. The molecular weight excluding hydrogens is 474 g/mol. The smallest absolute Gasteiger partial charge is 0.244 e. The van der Waals surface area contributed by atoms with Crippen LogP contribution in [0.2, 0.25) is 0 Å². The van der Waals surface area contributed by atoms with Gasteiger partial charge in [-0.15, -0.1) is 0 Å². The van der Waals surface area contributed by atoms with Gasteiger partial charge in [0.2, 0.25) is 21.8 Å². The molecule has 0 unspecified atom stereocenters. The Kier molecular flexibility index (Phi) is 8.44. The Balaban J connectivity index is 1.90. The zero-order valence-corrected chi connectivity index (χ0v) is 21.1. The van der Waals surface area contributed by atoms with E-state index < -0.39 is 28.5 Å². The molecule has 0 spiro atoms. The molecule has 1 heterocycles. The van der Waals surface area contributed by atoms with Crippen molar-refractivity contribution < 1.29 is 32.2 Å². The lowest BCUT2D eigenvalue weighted by Gasteiger charge is -2.31. The molecule has 1 N–H and O–H groups in total. The Hall–Kier alpha value is -3.47. The number of anilines is 1. The summed E-state index contributed by atoms with van der Waals surface area (Å²) in [5.41, 5.74) is 1.03. The van der Waals surface area contributed by atoms with Crippen molar-refractivity contribution in [1.29, 1.82) is 0 Å². The first kappa shape index (κ1) is 26.1. The molecule has 0 saturated carbocycles. The molecule has 10 nitrogen and oxygen atoms in total. The first-order valence-corrected chi connectivity index (χ1v) is 13.1. The lowest BCUT2D eigenvalue weighted by Crippen LogP contribution is -2.51. The number of hydrogen-bond donors (Lipinski definition) is 1. The summed E-state index contributed by atoms with van der Waals surface area (Å²) in [4.78, 5) is 27.5. The van der Waals surface area contributed by atoms with Crippen LogP contribution >= 0.6 is 0 Å². The molecular formula is C24H31N3O7S. The van der Waals surface area contributed by atoms with Crippen LogP contribution in [0, 0.1) is 0 Å². The van der Waals surface area contributed by atoms with Crippen LogP contribution in [0.3, 0.4) is 0 Å². The third-order valence-electron chi connectivity index (χ3n) is 5.52. The van der Waals surface area contributed by atoms with Crippen molar-refractivity contribution in [3.63, 3.8) is 0 Å². The maximum Gasteiger partial charge on any atom is 0.244 e. The average Bonchev–Trinajstić information content (AvgIpc) is 2.84. The second-order valence-corrected chi connectivity index (χ2v) is 9.94. The zero-order chi connectivity index (χ0) is 25.6. The number of methoxy groups -OCH3 is 1. The van der Waals surface area contributed by atoms with Crippen molar-refractivity contribution >= 4 is 27.5 Å². The van der Waals surface area contributed by atoms with E-state index in [9.17, 15) is 18.0 Å². The van der Waals surface area contributed by atoms with Crippen molar-refractivity contribution in [3.8, 4) is 17.2 Å². The Morgan fingerprint density at radius 3 is 2.34 bits per heavy atom. The SMILES string of the molecule is CCNC(=O)[C@H](C)N(Cc1ccc(OC)cc1)C(=O)CN(c1ccc2c(c1)OCCO2)S(C)(=O)=O. The number of nitrogens with zero attached hydrogens (tertiary/aromatic N) is 2. The zero-order valence-electron chi connectivity index (χ0n) is 20.3. The Labute approximate surface area is 205 Å². The maximum atomic E-state index is 13.5. The van der Waals surface area contributed by atoms with Crippen molar-refractivity contribution in [1.82, 2.24) is 10.2 Å². The summed E-state index contributed by atoms with van der Waals surface area (Å²) in [6, 6.07) is 11.0. The van der Waals surface area contributed by atoms with Gasteiger partial charge in [0.1, 0.15) is 31.5 Å². The molecule has 2 aromatic rings. The highest BCUT2D eigenvalue weighted by atomic mass is 32.2. The molecule has 1 atom stereocenters. The number of carbonyl (C=O) groups excluding carboxylic acids is 2. The second kappa shape index (κ2) is 11.3. The highest BCUT2D eigenvalue weighted by Crippen LogP contribution is 2.34. The summed E-state index contributed by atoms with van der Waals surface area (Å²) in [5.74, 6) is 0.705. The normalized spacial score (nSPS) is 13.5. The molecule has 2 amide bonds. The number of amides is 2. The second-order valence-electron chi connectivity index (χ2n) is 8.04. The van der Waals surface area contributed by atoms with E-state index in [-0.39, 0.29) is 18.1 Å². The molecule has 1 aliphatic rings. The molecule has 0 fully saturated rings. The fourth-order valence-electron chi connectivity index (χ4n) is 3.63. The maximum absolute atomic E-state index is 13.5. The van der Waals surface area contributed by atoms with Gasteiger partial charge < -0.3 is 24.4 Å². The van der Waals surface area contributed by atoms with E-state index in [1.165, 1.54) is 11.0 Å². The van der Waals surface area contributed by atoms with Crippen molar-refractivity contribution in [2.24, 2.45) is 0 Å². The van der Waals surface area contributed by atoms with Crippen LogP contribution < -0.4 is 23.8 Å². The largest absolute Gasteiger partial charge is 0.497 e. The molecule has 0 aliphatic carbocycles. The van der Waals surface area contributed by atoms with Gasteiger partial charge in [-0.25, -0.2) is 8.42 Å². The topological polar surface area (TPSA) is 114 Å². The van der Waals surface area contributed by atoms with Gasteiger partial charge in [0.25, 0.3) is 0 Å². The summed E-state index contributed by atoms with van der Waals surface area (Å²) in [7, 11) is -2.28. The number of hydrogen-bond acceptors (Lipinski definition) is 7. The van der Waals surface area contributed by atoms with Crippen LogP contribution in [0.1, 0.15) is 19.4 Å². The first-order valence-electron chi connectivity index (χ1n) is 11.2. The van der Waals surface area contributed by atoms with E-state index in [1.807, 2.05) is 0 Å². The Morgan fingerprint density at radius 1 is 1.09 bits per heavy atom. The van der Waals surface area contributed by atoms with Gasteiger partial charge in [0.05, 0.1) is 19.1 Å². The minimum atomic E-state index is -3.84. The van der Waals surface area contributed by atoms with Crippen molar-refractivity contribution in [2.75, 3.05) is 44.0 Å². The summed E-state index contributed by atoms with van der Waals surface area (Å²) >= 11 is 0. The lowest BCUT2D eigenvalue weighted by atomic mass is 10.1. The highest BCUT2D eigenvalue weighted by molar-refractivity contribution is 7.92. The summed E-state index contributed by atoms with van der Waals surface area (Å²) in [5, 5.41) is 2.72. The lowest BCUT2D eigenvalue weighted by molar-refractivity contribution is -0.139. The molecule has 0 aromatic heterocycles. The number of sulfonamides is 1. The van der Waals surface area contributed by atoms with Gasteiger partial charge in [-0.05, 0) is 43.7 Å². The quantitative estimate of drug-likeness (QED) is 0.524. The molecule has 3 rings (SSSR count). The average molecular weight is 506 g/mol. The predicted octanol–water partition coefficient (Wildman–Crippen LogP) is 1.79. The molecule has 190 valence electrons. The van der Waals surface area contributed by atoms with Gasteiger partial charge in [0.15, 0.2) is 11.5 Å². The molecule has 2 aromatic carbocycles. The van der Waals surface area contributed by atoms with Gasteiger partial charge in [-0.1, -0.05) is 12.1 Å². The van der Waals surface area contributed by atoms with E-state index in [0.717, 1.165) is 16.1 Å². The number of ether oxygens (including phenoxy) is 3. The van der Waals surface area contributed by atoms with Gasteiger partial charge in [-0.2, -0.15) is 0 Å². The number of fused-ring (bicyclic) bond motifs is 1. The molecule has 35 heavy (non-hydrogen) atoms. The van der Waals surface area contributed by atoms with Crippen LogP contribution in [0.25, 0.3) is 0 Å². The van der Waals surface area contributed by atoms with Crippen molar-refractivity contribution in [3.05, 3.63) is 48.0 Å². The fourth-order valence-corrected chi connectivity index (χ4v) is 4.47. The molecule has 11 heteroatoms. The van der Waals surface area contributed by atoms with Crippen LogP contribution in [-0.4, -0.2) is 70.8 Å². The van der Waals surface area contributed by atoms with E-state index in [0.29, 0.717) is 37.0 Å². The van der Waals surface area contributed by atoms with Gasteiger partial charge >= 0.3 is 0 Å². The van der Waals surface area contributed by atoms with E-state index in [2.05, 4.69) is 5.32 Å². The van der Waals surface area contributed by atoms with Crippen LogP contribution in [-0.2, 0) is 26.2 Å². The van der Waals surface area contributed by atoms with Crippen LogP contribution in [0.4, 0.5) is 5.69 Å². The van der Waals surface area contributed by atoms with Crippen LogP contribution in [0.15, 0.2) is 42.5 Å². The number of nitrogens with one attached hydrogen (secondary N) is 1. The highest BCUT2D eigenvalue weighted by Gasteiger charge is 2.30. The van der Waals surface area contributed by atoms with Gasteiger partial charge in [-0.3, -0.25) is 13.9 Å². The minimum absolute atomic E-state index is 0.111.